The van der Waals surface area contributed by atoms with Gasteiger partial charge in [-0.05, 0) is 48.9 Å². The Labute approximate surface area is 215 Å². The Hall–Kier alpha value is -4.90. The molecule has 4 rings (SSSR count). The number of nitrogens with zero attached hydrogens (tertiary/aromatic N) is 1. The molecular weight excluding hydrogens is 472 g/mol. The fourth-order valence-electron chi connectivity index (χ4n) is 4.02. The molecule has 0 amide bonds. The zero-order chi connectivity index (χ0) is 26.4. The van der Waals surface area contributed by atoms with E-state index in [1.165, 1.54) is 7.11 Å². The van der Waals surface area contributed by atoms with Gasteiger partial charge in [-0.2, -0.15) is 5.26 Å². The highest BCUT2D eigenvalue weighted by molar-refractivity contribution is 5.91. The van der Waals surface area contributed by atoms with E-state index in [2.05, 4.69) is 12.6 Å². The minimum Gasteiger partial charge on any atom is -0.494 e. The number of hydrogen-bond acceptors (Lipinski definition) is 8. The summed E-state index contributed by atoms with van der Waals surface area (Å²) >= 11 is 0. The summed E-state index contributed by atoms with van der Waals surface area (Å²) in [5, 5.41) is 9.86. The molecule has 0 bridgehead atoms. The number of hydrogen-bond donors (Lipinski definition) is 1. The lowest BCUT2D eigenvalue weighted by molar-refractivity contribution is 0.0734. The Morgan fingerprint density at radius 2 is 1.95 bits per heavy atom. The number of rotatable bonds is 9. The molecule has 0 saturated carbocycles. The summed E-state index contributed by atoms with van der Waals surface area (Å²) in [6, 6.07) is 19.3. The van der Waals surface area contributed by atoms with Gasteiger partial charge in [-0.1, -0.05) is 30.9 Å². The second-order valence-corrected chi connectivity index (χ2v) is 7.98. The zero-order valence-electron chi connectivity index (χ0n) is 20.5. The summed E-state index contributed by atoms with van der Waals surface area (Å²) < 4.78 is 27.9. The van der Waals surface area contributed by atoms with Crippen LogP contribution in [0, 0.1) is 11.3 Å². The molecule has 2 N–H and O–H groups in total. The van der Waals surface area contributed by atoms with Crippen LogP contribution >= 0.6 is 0 Å². The number of allylic oxidation sites excluding steroid dienone is 1. The first-order valence-corrected chi connectivity index (χ1v) is 11.6. The quantitative estimate of drug-likeness (QED) is 0.246. The summed E-state index contributed by atoms with van der Waals surface area (Å²) in [7, 11) is 1.54. The molecule has 3 aromatic carbocycles. The number of esters is 1. The van der Waals surface area contributed by atoms with Crippen LogP contribution in [0.25, 0.3) is 0 Å². The smallest absolute Gasteiger partial charge is 0.343 e. The van der Waals surface area contributed by atoms with Crippen LogP contribution in [0.1, 0.15) is 34.3 Å². The first kappa shape index (κ1) is 25.2. The predicted molar refractivity (Wildman–Crippen MR) is 137 cm³/mol. The van der Waals surface area contributed by atoms with Crippen molar-refractivity contribution in [1.82, 2.24) is 0 Å². The molecule has 8 heteroatoms. The number of nitriles is 1. The molecule has 188 valence electrons. The summed E-state index contributed by atoms with van der Waals surface area (Å²) in [5.41, 5.74) is 8.17. The number of methoxy groups -OCH3 is 1. The van der Waals surface area contributed by atoms with Crippen LogP contribution in [0.5, 0.6) is 28.7 Å². The minimum absolute atomic E-state index is 0.0288. The Balaban J connectivity index is 1.66. The van der Waals surface area contributed by atoms with E-state index in [4.69, 9.17) is 29.4 Å². The van der Waals surface area contributed by atoms with E-state index in [0.717, 1.165) is 5.56 Å². The highest BCUT2D eigenvalue weighted by Crippen LogP contribution is 2.45. The Kier molecular flexibility index (Phi) is 7.65. The molecule has 0 aromatic heterocycles. The van der Waals surface area contributed by atoms with Crippen molar-refractivity contribution >= 4 is 5.97 Å². The molecule has 0 fully saturated rings. The van der Waals surface area contributed by atoms with Gasteiger partial charge in [0.15, 0.2) is 11.5 Å². The first-order valence-electron chi connectivity index (χ1n) is 11.6. The number of carbonyl (C=O) groups is 1. The number of fused-ring (bicyclic) bond motifs is 1. The largest absolute Gasteiger partial charge is 0.494 e. The second kappa shape index (κ2) is 11.2. The van der Waals surface area contributed by atoms with Crippen molar-refractivity contribution in [2.45, 2.75) is 12.8 Å². The van der Waals surface area contributed by atoms with Gasteiger partial charge in [0.1, 0.15) is 35.5 Å². The number of carbonyl (C=O) groups excluding carboxylic acids is 1. The van der Waals surface area contributed by atoms with Crippen LogP contribution in [0.3, 0.4) is 0 Å². The third-order valence-electron chi connectivity index (χ3n) is 5.66. The van der Waals surface area contributed by atoms with Crippen LogP contribution in [0.4, 0.5) is 0 Å². The maximum absolute atomic E-state index is 12.7. The normalized spacial score (nSPS) is 14.0. The van der Waals surface area contributed by atoms with Gasteiger partial charge in [-0.25, -0.2) is 4.79 Å². The summed E-state index contributed by atoms with van der Waals surface area (Å²) in [4.78, 5) is 12.7. The lowest BCUT2D eigenvalue weighted by Crippen LogP contribution is -2.21. The average molecular weight is 499 g/mol. The molecule has 3 aromatic rings. The Morgan fingerprint density at radius 3 is 2.68 bits per heavy atom. The van der Waals surface area contributed by atoms with E-state index in [0.29, 0.717) is 47.3 Å². The maximum Gasteiger partial charge on any atom is 0.343 e. The fourth-order valence-corrected chi connectivity index (χ4v) is 4.02. The van der Waals surface area contributed by atoms with Gasteiger partial charge in [0.25, 0.3) is 0 Å². The van der Waals surface area contributed by atoms with E-state index in [1.807, 2.05) is 13.0 Å². The van der Waals surface area contributed by atoms with Crippen molar-refractivity contribution in [2.75, 3.05) is 20.3 Å². The van der Waals surface area contributed by atoms with Crippen LogP contribution in [0.15, 0.2) is 84.8 Å². The molecule has 1 atom stereocenters. The van der Waals surface area contributed by atoms with Gasteiger partial charge in [0.2, 0.25) is 5.88 Å². The van der Waals surface area contributed by atoms with Gasteiger partial charge >= 0.3 is 5.97 Å². The van der Waals surface area contributed by atoms with Crippen LogP contribution in [-0.2, 0) is 0 Å². The Morgan fingerprint density at radius 1 is 1.11 bits per heavy atom. The van der Waals surface area contributed by atoms with E-state index >= 15 is 0 Å². The van der Waals surface area contributed by atoms with Gasteiger partial charge < -0.3 is 29.4 Å². The average Bonchev–Trinajstić information content (AvgIpc) is 2.91. The molecule has 0 radical (unpaired) electrons. The number of nitrogens with two attached hydrogens (primary N) is 1. The van der Waals surface area contributed by atoms with Gasteiger partial charge in [-0.3, -0.25) is 0 Å². The third kappa shape index (κ3) is 5.36. The summed E-state index contributed by atoms with van der Waals surface area (Å²) in [6.45, 7) is 6.33. The monoisotopic (exact) mass is 498 g/mol. The summed E-state index contributed by atoms with van der Waals surface area (Å²) in [5.74, 6) is 1.17. The fraction of sp³-hybridized carbons (Fsp3) is 0.172. The van der Waals surface area contributed by atoms with Crippen molar-refractivity contribution < 1.29 is 28.5 Å². The molecule has 1 unspecified atom stereocenters. The second-order valence-electron chi connectivity index (χ2n) is 7.98. The number of ether oxygens (including phenoxy) is 5. The molecule has 0 aliphatic carbocycles. The molecule has 37 heavy (non-hydrogen) atoms. The van der Waals surface area contributed by atoms with Crippen LogP contribution in [0.2, 0.25) is 0 Å². The van der Waals surface area contributed by atoms with Crippen molar-refractivity contribution in [3.05, 3.63) is 101 Å². The molecule has 1 aliphatic rings. The maximum atomic E-state index is 12.7. The van der Waals surface area contributed by atoms with Crippen molar-refractivity contribution in [3.63, 3.8) is 0 Å². The van der Waals surface area contributed by atoms with E-state index < -0.39 is 11.9 Å². The van der Waals surface area contributed by atoms with Crippen LogP contribution < -0.4 is 29.4 Å². The predicted octanol–water partition coefficient (Wildman–Crippen LogP) is 5.10. The molecule has 0 saturated heterocycles. The highest BCUT2D eigenvalue weighted by atomic mass is 16.5. The van der Waals surface area contributed by atoms with Gasteiger partial charge in [0, 0.05) is 11.6 Å². The summed E-state index contributed by atoms with van der Waals surface area (Å²) in [6.07, 6.45) is 1.64. The molecule has 1 aliphatic heterocycles. The van der Waals surface area contributed by atoms with E-state index in [1.54, 1.807) is 60.7 Å². The lowest BCUT2D eigenvalue weighted by atomic mass is 9.83. The highest BCUT2D eigenvalue weighted by Gasteiger charge is 2.32. The zero-order valence-corrected chi connectivity index (χ0v) is 20.5. The van der Waals surface area contributed by atoms with Crippen molar-refractivity contribution in [3.8, 4) is 34.8 Å². The van der Waals surface area contributed by atoms with Crippen molar-refractivity contribution in [2.24, 2.45) is 5.73 Å². The number of benzene rings is 3. The molecular formula is C29H26N2O6. The third-order valence-corrected chi connectivity index (χ3v) is 5.66. The van der Waals surface area contributed by atoms with Gasteiger partial charge in [0.05, 0.1) is 25.2 Å². The topological polar surface area (TPSA) is 113 Å². The standard InChI is InChI=1S/C29H26N2O6/c1-4-13-35-24-12-9-18(15-26(24)33-3)27-22-11-10-21(16-25(22)37-28(31)23(27)17-30)36-29(32)19-7-6-8-20(14-19)34-5-2/h4,6-12,14-16,27H,1,5,13,31H2,2-3H3. The molecule has 1 heterocycles. The van der Waals surface area contributed by atoms with Crippen molar-refractivity contribution in [1.29, 1.82) is 5.26 Å². The minimum atomic E-state index is -0.546. The Bertz CT molecular complexity index is 1410. The van der Waals surface area contributed by atoms with Gasteiger partial charge in [-0.15, -0.1) is 0 Å². The van der Waals surface area contributed by atoms with Crippen LogP contribution in [-0.4, -0.2) is 26.3 Å². The van der Waals surface area contributed by atoms with E-state index in [9.17, 15) is 10.1 Å². The van der Waals surface area contributed by atoms with E-state index in [-0.39, 0.29) is 17.2 Å². The lowest BCUT2D eigenvalue weighted by Gasteiger charge is -2.27. The molecule has 0 spiro atoms. The SMILES string of the molecule is C=CCOc1ccc(C2C(C#N)=C(N)Oc3cc(OC(=O)c4cccc(OCC)c4)ccc32)cc1OC. The molecule has 8 nitrogen and oxygen atoms in total. The first-order chi connectivity index (χ1) is 18.0.